The van der Waals surface area contributed by atoms with Crippen LogP contribution in [0.25, 0.3) is 0 Å². The molecule has 172 valence electrons. The quantitative estimate of drug-likeness (QED) is 0.562. The molecule has 0 N–H and O–H groups in total. The molecule has 0 aromatic heterocycles. The van der Waals surface area contributed by atoms with Crippen molar-refractivity contribution in [3.05, 3.63) is 58.1 Å². The second-order valence-corrected chi connectivity index (χ2v) is 9.45. The Labute approximate surface area is 196 Å². The van der Waals surface area contributed by atoms with E-state index in [4.69, 9.17) is 25.8 Å². The normalized spacial score (nSPS) is 23.6. The van der Waals surface area contributed by atoms with E-state index in [0.717, 1.165) is 70.5 Å². The van der Waals surface area contributed by atoms with Crippen LogP contribution in [-0.2, 0) is 4.74 Å². The van der Waals surface area contributed by atoms with Gasteiger partial charge in [-0.05, 0) is 66.8 Å². The van der Waals surface area contributed by atoms with Crippen LogP contribution >= 0.6 is 11.6 Å². The van der Waals surface area contributed by atoms with Gasteiger partial charge in [0, 0.05) is 38.1 Å². The molecule has 5 nitrogen and oxygen atoms in total. The molecule has 2 saturated heterocycles. The van der Waals surface area contributed by atoms with Gasteiger partial charge in [0.1, 0.15) is 11.5 Å². The second kappa shape index (κ2) is 10.0. The fraction of sp³-hybridized carbons (Fsp3) is 0.538. The minimum atomic E-state index is 0.318. The van der Waals surface area contributed by atoms with Crippen molar-refractivity contribution in [2.24, 2.45) is 0 Å². The lowest BCUT2D eigenvalue weighted by Gasteiger charge is -2.38. The summed E-state index contributed by atoms with van der Waals surface area (Å²) in [4.78, 5) is 5.09. The molecular weight excluding hydrogens is 424 g/mol. The monoisotopic (exact) mass is 456 g/mol. The van der Waals surface area contributed by atoms with Gasteiger partial charge in [0.15, 0.2) is 0 Å². The summed E-state index contributed by atoms with van der Waals surface area (Å²) in [7, 11) is 1.66. The SMILES string of the molecule is COc1ccc([C@H]2CN3CCC[C@@H]3c3cc(OCCCN4CCOCC4)ccc32)cc1Cl. The summed E-state index contributed by atoms with van der Waals surface area (Å²) in [6.07, 6.45) is 3.52. The highest BCUT2D eigenvalue weighted by Gasteiger charge is 2.36. The summed E-state index contributed by atoms with van der Waals surface area (Å²) < 4.78 is 17.0. The summed E-state index contributed by atoms with van der Waals surface area (Å²) in [5.74, 6) is 2.04. The molecule has 0 amide bonds. The van der Waals surface area contributed by atoms with E-state index < -0.39 is 0 Å². The van der Waals surface area contributed by atoms with Crippen LogP contribution in [0.1, 0.15) is 47.9 Å². The van der Waals surface area contributed by atoms with Gasteiger partial charge in [0.05, 0.1) is 32.0 Å². The summed E-state index contributed by atoms with van der Waals surface area (Å²) in [6.45, 7) is 7.80. The van der Waals surface area contributed by atoms with Gasteiger partial charge >= 0.3 is 0 Å². The first-order valence-electron chi connectivity index (χ1n) is 11.9. The Morgan fingerprint density at radius 3 is 2.75 bits per heavy atom. The minimum absolute atomic E-state index is 0.318. The zero-order chi connectivity index (χ0) is 21.9. The van der Waals surface area contributed by atoms with Crippen molar-refractivity contribution in [2.75, 3.05) is 59.7 Å². The fourth-order valence-corrected chi connectivity index (χ4v) is 5.73. The van der Waals surface area contributed by atoms with Crippen molar-refractivity contribution in [1.29, 1.82) is 0 Å². The number of nitrogens with zero attached hydrogens (tertiary/aromatic N) is 2. The van der Waals surface area contributed by atoms with E-state index in [1.54, 1.807) is 7.11 Å². The molecule has 0 aliphatic carbocycles. The van der Waals surface area contributed by atoms with Crippen molar-refractivity contribution in [3.63, 3.8) is 0 Å². The zero-order valence-corrected chi connectivity index (χ0v) is 19.7. The lowest BCUT2D eigenvalue weighted by molar-refractivity contribution is 0.0358. The lowest BCUT2D eigenvalue weighted by atomic mass is 9.81. The van der Waals surface area contributed by atoms with Gasteiger partial charge in [-0.25, -0.2) is 0 Å². The summed E-state index contributed by atoms with van der Waals surface area (Å²) >= 11 is 6.47. The predicted molar refractivity (Wildman–Crippen MR) is 127 cm³/mol. The third-order valence-corrected chi connectivity index (χ3v) is 7.44. The summed E-state index contributed by atoms with van der Waals surface area (Å²) in [5, 5.41) is 0.676. The van der Waals surface area contributed by atoms with Gasteiger partial charge in [0.25, 0.3) is 0 Å². The topological polar surface area (TPSA) is 34.2 Å². The first-order chi connectivity index (χ1) is 15.7. The van der Waals surface area contributed by atoms with Crippen molar-refractivity contribution in [2.45, 2.75) is 31.2 Å². The number of ether oxygens (including phenoxy) is 3. The molecule has 0 spiro atoms. The maximum absolute atomic E-state index is 6.47. The van der Waals surface area contributed by atoms with Crippen molar-refractivity contribution < 1.29 is 14.2 Å². The summed E-state index contributed by atoms with van der Waals surface area (Å²) in [6, 6.07) is 13.4. The van der Waals surface area contributed by atoms with Crippen LogP contribution in [0.5, 0.6) is 11.5 Å². The molecule has 0 saturated carbocycles. The largest absolute Gasteiger partial charge is 0.495 e. The van der Waals surface area contributed by atoms with Crippen molar-refractivity contribution in [3.8, 4) is 11.5 Å². The van der Waals surface area contributed by atoms with E-state index in [-0.39, 0.29) is 0 Å². The van der Waals surface area contributed by atoms with Gasteiger partial charge < -0.3 is 14.2 Å². The Bertz CT molecular complexity index is 931. The minimum Gasteiger partial charge on any atom is -0.495 e. The van der Waals surface area contributed by atoms with E-state index in [2.05, 4.69) is 40.1 Å². The molecule has 32 heavy (non-hydrogen) atoms. The molecule has 0 unspecified atom stereocenters. The molecule has 2 fully saturated rings. The lowest BCUT2D eigenvalue weighted by Crippen LogP contribution is -2.37. The Kier molecular flexibility index (Phi) is 6.88. The van der Waals surface area contributed by atoms with E-state index in [1.807, 2.05) is 6.07 Å². The van der Waals surface area contributed by atoms with E-state index in [1.165, 1.54) is 29.5 Å². The maximum atomic E-state index is 6.47. The van der Waals surface area contributed by atoms with Crippen LogP contribution in [-0.4, -0.2) is 69.5 Å². The first-order valence-corrected chi connectivity index (χ1v) is 12.2. The number of morpholine rings is 1. The molecule has 0 bridgehead atoms. The Morgan fingerprint density at radius 2 is 1.94 bits per heavy atom. The number of rotatable bonds is 7. The number of halogens is 1. The Morgan fingerprint density at radius 1 is 1.06 bits per heavy atom. The molecular formula is C26H33ClN2O3. The average molecular weight is 457 g/mol. The van der Waals surface area contributed by atoms with E-state index in [0.29, 0.717) is 17.0 Å². The van der Waals surface area contributed by atoms with Crippen LogP contribution in [0.15, 0.2) is 36.4 Å². The average Bonchev–Trinajstić information content (AvgIpc) is 3.31. The Hall–Kier alpha value is -1.79. The van der Waals surface area contributed by atoms with Crippen molar-refractivity contribution in [1.82, 2.24) is 9.80 Å². The van der Waals surface area contributed by atoms with Gasteiger partial charge in [-0.3, -0.25) is 9.80 Å². The standard InChI is InChI=1S/C26H33ClN2O3/c1-30-26-8-5-19(16-24(26)27)23-18-29-10-2-4-25(29)22-17-20(6-7-21(22)23)32-13-3-9-28-11-14-31-15-12-28/h5-8,16-17,23,25H,2-4,9-15,18H2,1H3/t23-,25-/m1/s1. The zero-order valence-electron chi connectivity index (χ0n) is 18.9. The number of benzene rings is 2. The highest BCUT2D eigenvalue weighted by molar-refractivity contribution is 6.32. The van der Waals surface area contributed by atoms with Crippen LogP contribution < -0.4 is 9.47 Å². The van der Waals surface area contributed by atoms with Gasteiger partial charge in [-0.1, -0.05) is 23.7 Å². The van der Waals surface area contributed by atoms with E-state index in [9.17, 15) is 0 Å². The molecule has 2 aromatic rings. The number of fused-ring (bicyclic) bond motifs is 3. The molecule has 5 rings (SSSR count). The second-order valence-electron chi connectivity index (χ2n) is 9.05. The van der Waals surface area contributed by atoms with Crippen LogP contribution in [0, 0.1) is 0 Å². The molecule has 3 aliphatic heterocycles. The highest BCUT2D eigenvalue weighted by atomic mass is 35.5. The first kappa shape index (κ1) is 22.0. The Balaban J connectivity index is 1.31. The van der Waals surface area contributed by atoms with Crippen LogP contribution in [0.3, 0.4) is 0 Å². The maximum Gasteiger partial charge on any atom is 0.137 e. The van der Waals surface area contributed by atoms with Gasteiger partial charge in [-0.15, -0.1) is 0 Å². The molecule has 3 aliphatic rings. The smallest absolute Gasteiger partial charge is 0.137 e. The number of methoxy groups -OCH3 is 1. The molecule has 2 aromatic carbocycles. The van der Waals surface area contributed by atoms with Crippen molar-refractivity contribution >= 4 is 11.6 Å². The van der Waals surface area contributed by atoms with Crippen LogP contribution in [0.2, 0.25) is 5.02 Å². The third kappa shape index (κ3) is 4.62. The van der Waals surface area contributed by atoms with Gasteiger partial charge in [-0.2, -0.15) is 0 Å². The highest BCUT2D eigenvalue weighted by Crippen LogP contribution is 2.46. The number of hydrogen-bond acceptors (Lipinski definition) is 5. The van der Waals surface area contributed by atoms with Crippen LogP contribution in [0.4, 0.5) is 0 Å². The molecule has 0 radical (unpaired) electrons. The fourth-order valence-electron chi connectivity index (χ4n) is 5.47. The summed E-state index contributed by atoms with van der Waals surface area (Å²) in [5.41, 5.74) is 4.09. The predicted octanol–water partition coefficient (Wildman–Crippen LogP) is 4.73. The third-order valence-electron chi connectivity index (χ3n) is 7.14. The molecule has 2 atom stereocenters. The van der Waals surface area contributed by atoms with Gasteiger partial charge in [0.2, 0.25) is 0 Å². The molecule has 6 heteroatoms. The molecule has 3 heterocycles. The van der Waals surface area contributed by atoms with E-state index >= 15 is 0 Å². The number of hydrogen-bond donors (Lipinski definition) is 0.